The average molecular weight is 239 g/mol. The number of ether oxygens (including phenoxy) is 1. The van der Waals surface area contributed by atoms with E-state index in [4.69, 9.17) is 4.74 Å². The fourth-order valence-corrected chi connectivity index (χ4v) is 1.72. The Balaban J connectivity index is 2.69. The van der Waals surface area contributed by atoms with Crippen LogP contribution in [-0.2, 0) is 0 Å². The van der Waals surface area contributed by atoms with Crippen molar-refractivity contribution < 1.29 is 4.74 Å². The summed E-state index contributed by atoms with van der Waals surface area (Å²) in [6, 6.07) is 8.12. The molecule has 0 saturated carbocycles. The van der Waals surface area contributed by atoms with Crippen molar-refractivity contribution in [2.75, 3.05) is 31.4 Å². The van der Waals surface area contributed by atoms with Crippen molar-refractivity contribution in [3.05, 3.63) is 24.3 Å². The molecule has 90 valence electrons. The van der Waals surface area contributed by atoms with Crippen molar-refractivity contribution in [1.82, 2.24) is 0 Å². The van der Waals surface area contributed by atoms with E-state index in [1.54, 1.807) is 7.11 Å². The molecule has 0 radical (unpaired) electrons. The standard InChI is InChI=1S/C13H21NOS/c1-13(2,10-16)9-14(3)11-5-7-12(15-4)8-6-11/h5-8,16H,9-10H2,1-4H3. The number of thiol groups is 1. The lowest BCUT2D eigenvalue weighted by Crippen LogP contribution is -2.32. The first-order chi connectivity index (χ1) is 7.48. The van der Waals surface area contributed by atoms with Gasteiger partial charge in [-0.1, -0.05) is 13.8 Å². The van der Waals surface area contributed by atoms with Gasteiger partial charge < -0.3 is 9.64 Å². The van der Waals surface area contributed by atoms with Gasteiger partial charge in [0, 0.05) is 19.3 Å². The molecule has 0 bridgehead atoms. The summed E-state index contributed by atoms with van der Waals surface area (Å²) in [4.78, 5) is 2.25. The van der Waals surface area contributed by atoms with Gasteiger partial charge in [0.25, 0.3) is 0 Å². The number of nitrogens with zero attached hydrogens (tertiary/aromatic N) is 1. The van der Waals surface area contributed by atoms with Crippen LogP contribution in [0.2, 0.25) is 0 Å². The maximum Gasteiger partial charge on any atom is 0.119 e. The summed E-state index contributed by atoms with van der Waals surface area (Å²) >= 11 is 4.37. The molecule has 1 aromatic rings. The molecule has 16 heavy (non-hydrogen) atoms. The maximum absolute atomic E-state index is 5.14. The van der Waals surface area contributed by atoms with Gasteiger partial charge in [-0.15, -0.1) is 0 Å². The molecule has 0 atom stereocenters. The highest BCUT2D eigenvalue weighted by Gasteiger charge is 2.18. The number of benzene rings is 1. The molecular formula is C13H21NOS. The number of anilines is 1. The molecule has 0 N–H and O–H groups in total. The summed E-state index contributed by atoms with van der Waals surface area (Å²) in [6.07, 6.45) is 0. The second-order valence-electron chi connectivity index (χ2n) is 4.88. The van der Waals surface area contributed by atoms with E-state index >= 15 is 0 Å². The van der Waals surface area contributed by atoms with Gasteiger partial charge in [-0.3, -0.25) is 0 Å². The number of rotatable bonds is 5. The van der Waals surface area contributed by atoms with E-state index in [-0.39, 0.29) is 5.41 Å². The van der Waals surface area contributed by atoms with Crippen LogP contribution < -0.4 is 9.64 Å². The van der Waals surface area contributed by atoms with Crippen molar-refractivity contribution in [3.63, 3.8) is 0 Å². The van der Waals surface area contributed by atoms with E-state index < -0.39 is 0 Å². The van der Waals surface area contributed by atoms with Gasteiger partial charge in [-0.2, -0.15) is 12.6 Å². The Morgan fingerprint density at radius 3 is 2.25 bits per heavy atom. The SMILES string of the molecule is COc1ccc(N(C)CC(C)(C)CS)cc1. The van der Waals surface area contributed by atoms with E-state index in [1.165, 1.54) is 5.69 Å². The third-order valence-electron chi connectivity index (χ3n) is 2.61. The quantitative estimate of drug-likeness (QED) is 0.793. The summed E-state index contributed by atoms with van der Waals surface area (Å²) in [5.74, 6) is 1.78. The highest BCUT2D eigenvalue weighted by atomic mass is 32.1. The molecule has 0 amide bonds. The Morgan fingerprint density at radius 2 is 1.81 bits per heavy atom. The third kappa shape index (κ3) is 3.63. The van der Waals surface area contributed by atoms with E-state index in [2.05, 4.69) is 50.6 Å². The van der Waals surface area contributed by atoms with Crippen molar-refractivity contribution >= 4 is 18.3 Å². The molecule has 0 heterocycles. The van der Waals surface area contributed by atoms with Gasteiger partial charge in [0.15, 0.2) is 0 Å². The topological polar surface area (TPSA) is 12.5 Å². The predicted octanol–water partition coefficient (Wildman–Crippen LogP) is 3.09. The minimum atomic E-state index is 0.220. The Labute approximate surface area is 104 Å². The van der Waals surface area contributed by atoms with Crippen molar-refractivity contribution in [3.8, 4) is 5.75 Å². The smallest absolute Gasteiger partial charge is 0.119 e. The normalized spacial score (nSPS) is 11.3. The molecular weight excluding hydrogens is 218 g/mol. The maximum atomic E-state index is 5.14. The van der Waals surface area contributed by atoms with Gasteiger partial charge >= 0.3 is 0 Å². The minimum absolute atomic E-state index is 0.220. The monoisotopic (exact) mass is 239 g/mol. The lowest BCUT2D eigenvalue weighted by Gasteiger charge is -2.30. The highest BCUT2D eigenvalue weighted by Crippen LogP contribution is 2.23. The summed E-state index contributed by atoms with van der Waals surface area (Å²) in [5, 5.41) is 0. The zero-order chi connectivity index (χ0) is 12.2. The first-order valence-electron chi connectivity index (χ1n) is 5.44. The van der Waals surface area contributed by atoms with Crippen LogP contribution in [0.4, 0.5) is 5.69 Å². The number of methoxy groups -OCH3 is 1. The van der Waals surface area contributed by atoms with Gasteiger partial charge in [0.2, 0.25) is 0 Å². The van der Waals surface area contributed by atoms with E-state index in [9.17, 15) is 0 Å². The first-order valence-corrected chi connectivity index (χ1v) is 6.08. The molecule has 0 saturated heterocycles. The molecule has 0 aliphatic carbocycles. The molecule has 0 fully saturated rings. The third-order valence-corrected chi connectivity index (χ3v) is 3.46. The summed E-state index contributed by atoms with van der Waals surface area (Å²) < 4.78 is 5.14. The number of hydrogen-bond acceptors (Lipinski definition) is 3. The largest absolute Gasteiger partial charge is 0.497 e. The van der Waals surface area contributed by atoms with Crippen LogP contribution in [0.1, 0.15) is 13.8 Å². The molecule has 1 rings (SSSR count). The molecule has 0 unspecified atom stereocenters. The number of hydrogen-bond donors (Lipinski definition) is 1. The van der Waals surface area contributed by atoms with Crippen LogP contribution in [0.5, 0.6) is 5.75 Å². The van der Waals surface area contributed by atoms with Crippen LogP contribution in [-0.4, -0.2) is 26.5 Å². The van der Waals surface area contributed by atoms with Crippen molar-refractivity contribution in [1.29, 1.82) is 0 Å². The van der Waals surface area contributed by atoms with Crippen LogP contribution >= 0.6 is 12.6 Å². The second kappa shape index (κ2) is 5.48. The minimum Gasteiger partial charge on any atom is -0.497 e. The van der Waals surface area contributed by atoms with Crippen LogP contribution in [0.25, 0.3) is 0 Å². The summed E-state index contributed by atoms with van der Waals surface area (Å²) in [5.41, 5.74) is 1.42. The zero-order valence-corrected chi connectivity index (χ0v) is 11.4. The fourth-order valence-electron chi connectivity index (χ4n) is 1.62. The molecule has 0 aromatic heterocycles. The molecule has 2 nitrogen and oxygen atoms in total. The van der Waals surface area contributed by atoms with Crippen molar-refractivity contribution in [2.24, 2.45) is 5.41 Å². The average Bonchev–Trinajstić information content (AvgIpc) is 2.28. The molecule has 0 spiro atoms. The Morgan fingerprint density at radius 1 is 1.25 bits per heavy atom. The lowest BCUT2D eigenvalue weighted by molar-refractivity contribution is 0.414. The fraction of sp³-hybridized carbons (Fsp3) is 0.538. The van der Waals surface area contributed by atoms with E-state index in [1.807, 2.05) is 12.1 Å². The first kappa shape index (κ1) is 13.2. The van der Waals surface area contributed by atoms with Gasteiger partial charge in [-0.25, -0.2) is 0 Å². The lowest BCUT2D eigenvalue weighted by atomic mass is 9.95. The Kier molecular flexibility index (Phi) is 4.54. The van der Waals surface area contributed by atoms with Crippen molar-refractivity contribution in [2.45, 2.75) is 13.8 Å². The summed E-state index contributed by atoms with van der Waals surface area (Å²) in [7, 11) is 3.79. The highest BCUT2D eigenvalue weighted by molar-refractivity contribution is 7.80. The summed E-state index contributed by atoms with van der Waals surface area (Å²) in [6.45, 7) is 5.43. The van der Waals surface area contributed by atoms with Crippen LogP contribution in [0.15, 0.2) is 24.3 Å². The van der Waals surface area contributed by atoms with Gasteiger partial charge in [0.1, 0.15) is 5.75 Å². The zero-order valence-electron chi connectivity index (χ0n) is 10.5. The molecule has 0 aliphatic rings. The van der Waals surface area contributed by atoms with Gasteiger partial charge in [-0.05, 0) is 35.4 Å². The Bertz CT molecular complexity index is 321. The van der Waals surface area contributed by atoms with Crippen LogP contribution in [0.3, 0.4) is 0 Å². The van der Waals surface area contributed by atoms with Gasteiger partial charge in [0.05, 0.1) is 7.11 Å². The predicted molar refractivity (Wildman–Crippen MR) is 73.9 cm³/mol. The van der Waals surface area contributed by atoms with E-state index in [0.717, 1.165) is 18.0 Å². The van der Waals surface area contributed by atoms with E-state index in [0.29, 0.717) is 0 Å². The Hall–Kier alpha value is -0.830. The van der Waals surface area contributed by atoms with Crippen LogP contribution in [0, 0.1) is 5.41 Å². The second-order valence-corrected chi connectivity index (χ2v) is 5.19. The molecule has 3 heteroatoms. The molecule has 1 aromatic carbocycles. The molecule has 0 aliphatic heterocycles.